The number of nitrogens with one attached hydrogen (secondary N) is 1. The van der Waals surface area contributed by atoms with Gasteiger partial charge in [-0.2, -0.15) is 0 Å². The summed E-state index contributed by atoms with van der Waals surface area (Å²) < 4.78 is 5.36. The number of hydrogen-bond acceptors (Lipinski definition) is 3. The van der Waals surface area contributed by atoms with E-state index in [4.69, 9.17) is 4.74 Å². The average Bonchev–Trinajstić information content (AvgIpc) is 2.62. The molecule has 1 unspecified atom stereocenters. The number of para-hydroxylation sites is 1. The highest BCUT2D eigenvalue weighted by Crippen LogP contribution is 2.48. The maximum absolute atomic E-state index is 11.8. The Labute approximate surface area is 135 Å². The summed E-state index contributed by atoms with van der Waals surface area (Å²) in [5.74, 6) is 0.722. The molecule has 3 nitrogen and oxygen atoms in total. The van der Waals surface area contributed by atoms with Crippen LogP contribution >= 0.6 is 0 Å². The lowest BCUT2D eigenvalue weighted by atomic mass is 9.76. The molecule has 1 aliphatic rings. The van der Waals surface area contributed by atoms with Crippen LogP contribution < -0.4 is 10.1 Å². The third-order valence-corrected chi connectivity index (χ3v) is 4.39. The number of benzene rings is 3. The van der Waals surface area contributed by atoms with Crippen molar-refractivity contribution in [1.29, 1.82) is 0 Å². The Bertz CT molecular complexity index is 861. The van der Waals surface area contributed by atoms with Gasteiger partial charge in [-0.3, -0.25) is 0 Å². The van der Waals surface area contributed by atoms with Gasteiger partial charge < -0.3 is 15.2 Å². The standard InChI is InChI=1S/C20H17NO2/c1-23-15-11-12-19-17(13-15)20(22,14-7-3-2-4-8-14)16-9-5-6-10-18(16)21-19/h2-13,21-22H,1H3. The fourth-order valence-electron chi connectivity index (χ4n) is 3.25. The first-order chi connectivity index (χ1) is 11.2. The van der Waals surface area contributed by atoms with Crippen molar-refractivity contribution >= 4 is 11.4 Å². The van der Waals surface area contributed by atoms with Crippen LogP contribution in [0.5, 0.6) is 5.75 Å². The van der Waals surface area contributed by atoms with Crippen molar-refractivity contribution in [2.45, 2.75) is 5.60 Å². The van der Waals surface area contributed by atoms with Crippen molar-refractivity contribution in [2.24, 2.45) is 0 Å². The minimum atomic E-state index is -1.22. The van der Waals surface area contributed by atoms with Gasteiger partial charge in [0.2, 0.25) is 0 Å². The molecule has 1 atom stereocenters. The molecule has 3 aromatic carbocycles. The zero-order chi connectivity index (χ0) is 15.9. The van der Waals surface area contributed by atoms with Crippen LogP contribution in [0.3, 0.4) is 0 Å². The Balaban J connectivity index is 2.04. The minimum absolute atomic E-state index is 0.722. The van der Waals surface area contributed by atoms with E-state index in [0.29, 0.717) is 0 Å². The van der Waals surface area contributed by atoms with E-state index in [1.165, 1.54) is 0 Å². The van der Waals surface area contributed by atoms with E-state index in [9.17, 15) is 5.11 Å². The highest BCUT2D eigenvalue weighted by Gasteiger charge is 2.40. The van der Waals surface area contributed by atoms with Crippen molar-refractivity contribution in [2.75, 3.05) is 12.4 Å². The van der Waals surface area contributed by atoms with Crippen molar-refractivity contribution in [3.8, 4) is 5.75 Å². The molecule has 0 aliphatic carbocycles. The number of ether oxygens (including phenoxy) is 1. The van der Waals surface area contributed by atoms with E-state index in [2.05, 4.69) is 5.32 Å². The summed E-state index contributed by atoms with van der Waals surface area (Å²) in [5.41, 5.74) is 3.05. The number of methoxy groups -OCH3 is 1. The molecule has 0 radical (unpaired) electrons. The van der Waals surface area contributed by atoms with Crippen LogP contribution in [0, 0.1) is 0 Å². The first-order valence-electron chi connectivity index (χ1n) is 7.56. The van der Waals surface area contributed by atoms with Crippen LogP contribution in [-0.2, 0) is 5.60 Å². The van der Waals surface area contributed by atoms with Crippen LogP contribution in [0.1, 0.15) is 16.7 Å². The zero-order valence-electron chi connectivity index (χ0n) is 12.8. The maximum Gasteiger partial charge on any atom is 0.144 e. The van der Waals surface area contributed by atoms with Gasteiger partial charge in [0.1, 0.15) is 11.4 Å². The third-order valence-electron chi connectivity index (χ3n) is 4.39. The van der Waals surface area contributed by atoms with E-state index in [0.717, 1.165) is 33.8 Å². The van der Waals surface area contributed by atoms with Gasteiger partial charge in [0.25, 0.3) is 0 Å². The highest BCUT2D eigenvalue weighted by molar-refractivity contribution is 5.77. The lowest BCUT2D eigenvalue weighted by molar-refractivity contribution is 0.125. The molecule has 0 saturated heterocycles. The summed E-state index contributed by atoms with van der Waals surface area (Å²) in [4.78, 5) is 0. The topological polar surface area (TPSA) is 41.5 Å². The summed E-state index contributed by atoms with van der Waals surface area (Å²) in [7, 11) is 1.63. The fraction of sp³-hybridized carbons (Fsp3) is 0.100. The number of fused-ring (bicyclic) bond motifs is 2. The molecule has 0 saturated carbocycles. The lowest BCUT2D eigenvalue weighted by Crippen LogP contribution is -2.33. The molecule has 0 amide bonds. The molecule has 3 aromatic rings. The maximum atomic E-state index is 11.8. The number of anilines is 2. The summed E-state index contributed by atoms with van der Waals surface area (Å²) in [5, 5.41) is 15.2. The molecule has 0 spiro atoms. The van der Waals surface area contributed by atoms with Gasteiger partial charge in [0.05, 0.1) is 7.11 Å². The minimum Gasteiger partial charge on any atom is -0.497 e. The predicted octanol–water partition coefficient (Wildman–Crippen LogP) is 4.04. The SMILES string of the molecule is COc1ccc2c(c1)C(O)(c1ccccc1)c1ccccc1N2. The van der Waals surface area contributed by atoms with Gasteiger partial charge in [0, 0.05) is 22.5 Å². The first-order valence-corrected chi connectivity index (χ1v) is 7.56. The van der Waals surface area contributed by atoms with Crippen molar-refractivity contribution in [1.82, 2.24) is 0 Å². The molecular formula is C20H17NO2. The van der Waals surface area contributed by atoms with E-state index >= 15 is 0 Å². The molecule has 0 fully saturated rings. The number of aliphatic hydroxyl groups is 1. The molecule has 1 heterocycles. The van der Waals surface area contributed by atoms with E-state index in [-0.39, 0.29) is 0 Å². The lowest BCUT2D eigenvalue weighted by Gasteiger charge is -2.37. The summed E-state index contributed by atoms with van der Waals surface area (Å²) in [6.07, 6.45) is 0. The molecule has 1 aliphatic heterocycles. The predicted molar refractivity (Wildman–Crippen MR) is 91.3 cm³/mol. The molecular weight excluding hydrogens is 286 g/mol. The van der Waals surface area contributed by atoms with Gasteiger partial charge in [0.15, 0.2) is 0 Å². The molecule has 3 heteroatoms. The van der Waals surface area contributed by atoms with Gasteiger partial charge in [-0.15, -0.1) is 0 Å². The third kappa shape index (κ3) is 2.01. The number of hydrogen-bond donors (Lipinski definition) is 2. The normalized spacial score (nSPS) is 18.5. The molecule has 2 N–H and O–H groups in total. The fourth-order valence-corrected chi connectivity index (χ4v) is 3.25. The van der Waals surface area contributed by atoms with Crippen molar-refractivity contribution in [3.05, 3.63) is 89.5 Å². The quantitative estimate of drug-likeness (QED) is 0.751. The highest BCUT2D eigenvalue weighted by atomic mass is 16.5. The number of rotatable bonds is 2. The molecule has 4 rings (SSSR count). The Morgan fingerprint density at radius 2 is 1.52 bits per heavy atom. The molecule has 23 heavy (non-hydrogen) atoms. The van der Waals surface area contributed by atoms with Gasteiger partial charge >= 0.3 is 0 Å². The molecule has 0 bridgehead atoms. The van der Waals surface area contributed by atoms with E-state index in [1.54, 1.807) is 7.11 Å². The van der Waals surface area contributed by atoms with Crippen LogP contribution in [0.15, 0.2) is 72.8 Å². The Kier molecular flexibility index (Phi) is 3.10. The Morgan fingerprint density at radius 3 is 2.30 bits per heavy atom. The zero-order valence-corrected chi connectivity index (χ0v) is 12.8. The average molecular weight is 303 g/mol. The van der Waals surface area contributed by atoms with Gasteiger partial charge in [-0.05, 0) is 29.8 Å². The van der Waals surface area contributed by atoms with Crippen molar-refractivity contribution in [3.63, 3.8) is 0 Å². The second kappa shape index (κ2) is 5.14. The second-order valence-corrected chi connectivity index (χ2v) is 5.66. The van der Waals surface area contributed by atoms with Crippen LogP contribution in [0.4, 0.5) is 11.4 Å². The summed E-state index contributed by atoms with van der Waals surface area (Å²) in [6, 6.07) is 23.3. The Morgan fingerprint density at radius 1 is 0.826 bits per heavy atom. The van der Waals surface area contributed by atoms with Crippen LogP contribution in [-0.4, -0.2) is 12.2 Å². The van der Waals surface area contributed by atoms with Gasteiger partial charge in [-0.25, -0.2) is 0 Å². The molecule has 114 valence electrons. The van der Waals surface area contributed by atoms with Crippen LogP contribution in [0.25, 0.3) is 0 Å². The largest absolute Gasteiger partial charge is 0.497 e. The second-order valence-electron chi connectivity index (χ2n) is 5.66. The summed E-state index contributed by atoms with van der Waals surface area (Å²) >= 11 is 0. The van der Waals surface area contributed by atoms with E-state index < -0.39 is 5.60 Å². The first kappa shape index (κ1) is 13.9. The van der Waals surface area contributed by atoms with Gasteiger partial charge in [-0.1, -0.05) is 48.5 Å². The molecule has 0 aromatic heterocycles. The van der Waals surface area contributed by atoms with Crippen molar-refractivity contribution < 1.29 is 9.84 Å². The smallest absolute Gasteiger partial charge is 0.144 e. The summed E-state index contributed by atoms with van der Waals surface area (Å²) in [6.45, 7) is 0. The Hall–Kier alpha value is -2.78. The van der Waals surface area contributed by atoms with E-state index in [1.807, 2.05) is 72.8 Å². The van der Waals surface area contributed by atoms with Crippen LogP contribution in [0.2, 0.25) is 0 Å². The monoisotopic (exact) mass is 303 g/mol.